The van der Waals surface area contributed by atoms with Crippen LogP contribution < -0.4 is 20.0 Å². The van der Waals surface area contributed by atoms with Crippen molar-refractivity contribution in [3.05, 3.63) is 23.0 Å². The van der Waals surface area contributed by atoms with Gasteiger partial charge < -0.3 is 15.1 Å². The molecule has 0 spiro atoms. The maximum Gasteiger partial charge on any atom is 0.256 e. The van der Waals surface area contributed by atoms with Crippen molar-refractivity contribution >= 4 is 64.4 Å². The molecule has 0 bridgehead atoms. The van der Waals surface area contributed by atoms with Crippen LogP contribution in [-0.4, -0.2) is 62.3 Å². The lowest BCUT2D eigenvalue weighted by Gasteiger charge is -2.42. The summed E-state index contributed by atoms with van der Waals surface area (Å²) >= 11 is 11.8. The van der Waals surface area contributed by atoms with Gasteiger partial charge in [-0.2, -0.15) is 9.97 Å². The quantitative estimate of drug-likeness (QED) is 0.388. The molecule has 3 amide bonds. The molecular weight excluding hydrogens is 555 g/mol. The molecule has 0 radical (unpaired) electrons. The molecule has 0 unspecified atom stereocenters. The molecule has 11 nitrogen and oxygen atoms in total. The van der Waals surface area contributed by atoms with E-state index in [-0.39, 0.29) is 40.5 Å². The molecule has 2 fully saturated rings. The second kappa shape index (κ2) is 12.2. The SMILES string of the molecule is CC[C@@H]1C(=O)N(C=O)c2cnc(Cl)nc2N1C1CCCC1.CC[C@@H]1C(=O)Nc2cnc(Cl)nc2N1C1CCCC1. The minimum atomic E-state index is -0.364. The van der Waals surface area contributed by atoms with E-state index in [4.69, 9.17) is 23.2 Å². The number of carbonyl (C=O) groups is 3. The van der Waals surface area contributed by atoms with Crippen LogP contribution in [-0.2, 0) is 14.4 Å². The number of rotatable bonds is 5. The molecule has 2 aromatic heterocycles. The standard InChI is InChI=1S/C14H17ClN4O2.C13H17ClN4O/c1-2-10-13(21)18(8-20)11-7-16-14(15)17-12(11)19(10)9-5-3-4-6-9;1-2-10-12(19)16-9-7-15-13(14)17-11(9)18(10)8-5-3-4-6-8/h7-10H,2-6H2,1H3;7-8,10H,2-6H2,1H3,(H,16,19)/t2*10-/m11/s1. The number of nitrogens with zero attached hydrogens (tertiary/aromatic N) is 7. The minimum Gasteiger partial charge on any atom is -0.340 e. The third-order valence-electron chi connectivity index (χ3n) is 8.28. The van der Waals surface area contributed by atoms with Crippen molar-refractivity contribution < 1.29 is 14.4 Å². The summed E-state index contributed by atoms with van der Waals surface area (Å²) in [7, 11) is 0. The van der Waals surface area contributed by atoms with Gasteiger partial charge in [0, 0.05) is 12.1 Å². The van der Waals surface area contributed by atoms with Gasteiger partial charge in [-0.1, -0.05) is 39.5 Å². The van der Waals surface area contributed by atoms with E-state index in [0.29, 0.717) is 36.1 Å². The van der Waals surface area contributed by atoms with Gasteiger partial charge in [0.1, 0.15) is 23.5 Å². The van der Waals surface area contributed by atoms with Gasteiger partial charge in [0.2, 0.25) is 22.9 Å². The van der Waals surface area contributed by atoms with E-state index in [2.05, 4.69) is 35.1 Å². The van der Waals surface area contributed by atoms with Gasteiger partial charge in [0.25, 0.3) is 5.91 Å². The molecule has 0 aromatic carbocycles. The Hall–Kier alpha value is -3.05. The van der Waals surface area contributed by atoms with Crippen LogP contribution in [0.4, 0.5) is 23.0 Å². The molecule has 4 aliphatic rings. The number of aromatic nitrogens is 4. The summed E-state index contributed by atoms with van der Waals surface area (Å²) in [6.07, 6.45) is 14.0. The Kier molecular flexibility index (Phi) is 8.70. The molecule has 6 rings (SSSR count). The highest BCUT2D eigenvalue weighted by Gasteiger charge is 2.42. The molecule has 4 heterocycles. The first-order chi connectivity index (χ1) is 19.4. The van der Waals surface area contributed by atoms with Gasteiger partial charge >= 0.3 is 0 Å². The molecule has 2 saturated carbocycles. The van der Waals surface area contributed by atoms with Crippen LogP contribution in [0.15, 0.2) is 12.4 Å². The predicted molar refractivity (Wildman–Crippen MR) is 154 cm³/mol. The maximum absolute atomic E-state index is 12.6. The van der Waals surface area contributed by atoms with Crippen LogP contribution in [0.2, 0.25) is 10.6 Å². The fourth-order valence-corrected chi connectivity index (χ4v) is 6.72. The van der Waals surface area contributed by atoms with Gasteiger partial charge in [-0.05, 0) is 61.7 Å². The van der Waals surface area contributed by atoms with Crippen LogP contribution in [0.25, 0.3) is 0 Å². The number of anilines is 4. The summed E-state index contributed by atoms with van der Waals surface area (Å²) < 4.78 is 0. The van der Waals surface area contributed by atoms with Crippen molar-refractivity contribution in [3.63, 3.8) is 0 Å². The number of imide groups is 1. The first-order valence-corrected chi connectivity index (χ1v) is 14.8. The van der Waals surface area contributed by atoms with Crippen LogP contribution in [0.5, 0.6) is 0 Å². The van der Waals surface area contributed by atoms with E-state index < -0.39 is 0 Å². The maximum atomic E-state index is 12.6. The first-order valence-electron chi connectivity index (χ1n) is 14.1. The highest BCUT2D eigenvalue weighted by Crippen LogP contribution is 2.40. The number of halogens is 2. The van der Waals surface area contributed by atoms with Crippen molar-refractivity contribution in [1.29, 1.82) is 0 Å². The van der Waals surface area contributed by atoms with E-state index in [1.807, 2.05) is 13.8 Å². The number of amides is 3. The summed E-state index contributed by atoms with van der Waals surface area (Å²) in [6, 6.07) is 0.150. The monoisotopic (exact) mass is 588 g/mol. The van der Waals surface area contributed by atoms with E-state index in [0.717, 1.165) is 55.7 Å². The Morgan fingerprint density at radius 3 is 1.93 bits per heavy atom. The van der Waals surface area contributed by atoms with E-state index in [9.17, 15) is 14.4 Å². The number of hydrogen-bond acceptors (Lipinski definition) is 9. The Morgan fingerprint density at radius 1 is 0.850 bits per heavy atom. The van der Waals surface area contributed by atoms with Crippen molar-refractivity contribution in [2.75, 3.05) is 20.0 Å². The zero-order chi connectivity index (χ0) is 28.4. The lowest BCUT2D eigenvalue weighted by Crippen LogP contribution is -2.56. The van der Waals surface area contributed by atoms with Crippen LogP contribution in [0.3, 0.4) is 0 Å². The third kappa shape index (κ3) is 5.33. The molecular formula is C27H34Cl2N8O3. The van der Waals surface area contributed by atoms with Gasteiger partial charge in [-0.3, -0.25) is 14.4 Å². The molecule has 2 atom stereocenters. The lowest BCUT2D eigenvalue weighted by molar-refractivity contribution is -0.123. The molecule has 40 heavy (non-hydrogen) atoms. The van der Waals surface area contributed by atoms with Gasteiger partial charge in [-0.15, -0.1) is 0 Å². The molecule has 1 N–H and O–H groups in total. The molecule has 0 saturated heterocycles. The fourth-order valence-electron chi connectivity index (χ4n) is 6.46. The molecule has 2 aromatic rings. The van der Waals surface area contributed by atoms with Gasteiger partial charge in [-0.25, -0.2) is 14.9 Å². The lowest BCUT2D eigenvalue weighted by atomic mass is 10.0. The van der Waals surface area contributed by atoms with E-state index in [1.54, 1.807) is 6.20 Å². The smallest absolute Gasteiger partial charge is 0.256 e. The summed E-state index contributed by atoms with van der Waals surface area (Å²) in [4.78, 5) is 57.9. The zero-order valence-electron chi connectivity index (χ0n) is 22.7. The normalized spacial score (nSPS) is 22.9. The van der Waals surface area contributed by atoms with Crippen LogP contribution >= 0.6 is 23.2 Å². The number of fused-ring (bicyclic) bond motifs is 2. The Bertz CT molecular complexity index is 1270. The van der Waals surface area contributed by atoms with Gasteiger partial charge in [0.05, 0.1) is 12.4 Å². The fraction of sp³-hybridized carbons (Fsp3) is 0.593. The molecule has 214 valence electrons. The molecule has 2 aliphatic carbocycles. The topological polar surface area (TPSA) is 125 Å². The average molecular weight is 590 g/mol. The largest absolute Gasteiger partial charge is 0.340 e. The Labute approximate surface area is 243 Å². The number of hydrogen-bond donors (Lipinski definition) is 1. The van der Waals surface area contributed by atoms with Crippen molar-refractivity contribution in [2.24, 2.45) is 0 Å². The van der Waals surface area contributed by atoms with Crippen molar-refractivity contribution in [3.8, 4) is 0 Å². The second-order valence-corrected chi connectivity index (χ2v) is 11.2. The number of carbonyl (C=O) groups excluding carboxylic acids is 3. The summed E-state index contributed by atoms with van der Waals surface area (Å²) in [6.45, 7) is 3.97. The van der Waals surface area contributed by atoms with Crippen molar-refractivity contribution in [1.82, 2.24) is 19.9 Å². The molecule has 2 aliphatic heterocycles. The predicted octanol–water partition coefficient (Wildman–Crippen LogP) is 4.77. The minimum absolute atomic E-state index is 0.0350. The van der Waals surface area contributed by atoms with E-state index in [1.165, 1.54) is 19.0 Å². The zero-order valence-corrected chi connectivity index (χ0v) is 24.2. The van der Waals surface area contributed by atoms with Crippen molar-refractivity contribution in [2.45, 2.75) is 102 Å². The third-order valence-corrected chi connectivity index (χ3v) is 8.64. The Morgan fingerprint density at radius 2 is 1.38 bits per heavy atom. The summed E-state index contributed by atoms with van der Waals surface area (Å²) in [5.74, 6) is 1.20. The Balaban J connectivity index is 0.000000162. The van der Waals surface area contributed by atoms with Crippen LogP contribution in [0, 0.1) is 0 Å². The van der Waals surface area contributed by atoms with E-state index >= 15 is 0 Å². The average Bonchev–Trinajstić information content (AvgIpc) is 3.67. The highest BCUT2D eigenvalue weighted by atomic mass is 35.5. The molecule has 13 heteroatoms. The summed E-state index contributed by atoms with van der Waals surface area (Å²) in [5, 5.41) is 3.24. The van der Waals surface area contributed by atoms with Crippen LogP contribution in [0.1, 0.15) is 78.1 Å². The highest BCUT2D eigenvalue weighted by molar-refractivity contribution is 6.29. The van der Waals surface area contributed by atoms with Gasteiger partial charge in [0.15, 0.2) is 11.6 Å². The summed E-state index contributed by atoms with van der Waals surface area (Å²) in [5.41, 5.74) is 1.10. The second-order valence-electron chi connectivity index (χ2n) is 10.6. The first kappa shape index (κ1) is 28.5. The number of nitrogens with one attached hydrogen (secondary N) is 1.